The van der Waals surface area contributed by atoms with Gasteiger partial charge in [-0.05, 0) is 42.5 Å². The van der Waals surface area contributed by atoms with Crippen molar-refractivity contribution in [3.63, 3.8) is 0 Å². The Kier molecular flexibility index (Phi) is 3.31. The van der Waals surface area contributed by atoms with E-state index in [1.165, 1.54) is 0 Å². The highest BCUT2D eigenvalue weighted by molar-refractivity contribution is 6.04. The van der Waals surface area contributed by atoms with E-state index in [1.807, 2.05) is 67.7 Å². The molecule has 0 aliphatic rings. The van der Waals surface area contributed by atoms with Gasteiger partial charge in [0.25, 0.3) is 5.91 Å². The Morgan fingerprint density at radius 3 is 2.62 bits per heavy atom. The fraction of sp³-hybridized carbons (Fsp3) is 0.125. The maximum absolute atomic E-state index is 12.2. The Balaban J connectivity index is 1.78. The van der Waals surface area contributed by atoms with Gasteiger partial charge in [0.1, 0.15) is 0 Å². The summed E-state index contributed by atoms with van der Waals surface area (Å²) in [6.45, 7) is 0. The second-order valence-corrected chi connectivity index (χ2v) is 5.01. The van der Waals surface area contributed by atoms with Crippen LogP contribution in [-0.2, 0) is 0 Å². The van der Waals surface area contributed by atoms with Crippen molar-refractivity contribution in [2.45, 2.75) is 0 Å². The number of anilines is 2. The van der Waals surface area contributed by atoms with E-state index in [0.717, 1.165) is 16.9 Å². The molecule has 2 aromatic heterocycles. The third-order valence-electron chi connectivity index (χ3n) is 3.30. The van der Waals surface area contributed by atoms with Gasteiger partial charge in [0, 0.05) is 43.4 Å². The Hall–Kier alpha value is -2.82. The zero-order chi connectivity index (χ0) is 14.8. The van der Waals surface area contributed by atoms with Crippen LogP contribution >= 0.6 is 0 Å². The molecule has 1 aromatic carbocycles. The van der Waals surface area contributed by atoms with Crippen LogP contribution in [0.3, 0.4) is 0 Å². The molecule has 0 aliphatic carbocycles. The first-order valence-electron chi connectivity index (χ1n) is 6.65. The monoisotopic (exact) mass is 280 g/mol. The molecule has 0 spiro atoms. The van der Waals surface area contributed by atoms with Gasteiger partial charge in [-0.3, -0.25) is 4.79 Å². The van der Waals surface area contributed by atoms with E-state index in [4.69, 9.17) is 0 Å². The predicted octanol–water partition coefficient (Wildman–Crippen LogP) is 2.65. The SMILES string of the molecule is CN(C)c1ccc(C(=O)Nc2ccn3nccc3c2)cc1. The Bertz CT molecular complexity index is 774. The van der Waals surface area contributed by atoms with Gasteiger partial charge in [0.15, 0.2) is 0 Å². The molecule has 3 aromatic rings. The number of nitrogens with one attached hydrogen (secondary N) is 1. The third-order valence-corrected chi connectivity index (χ3v) is 3.30. The van der Waals surface area contributed by atoms with Gasteiger partial charge in [-0.1, -0.05) is 0 Å². The summed E-state index contributed by atoms with van der Waals surface area (Å²) in [5.41, 5.74) is 3.39. The molecule has 5 nitrogen and oxygen atoms in total. The molecule has 5 heteroatoms. The van der Waals surface area contributed by atoms with Gasteiger partial charge < -0.3 is 10.2 Å². The minimum atomic E-state index is -0.121. The summed E-state index contributed by atoms with van der Waals surface area (Å²) in [5, 5.41) is 7.02. The van der Waals surface area contributed by atoms with Crippen LogP contribution < -0.4 is 10.2 Å². The fourth-order valence-electron chi connectivity index (χ4n) is 2.11. The second kappa shape index (κ2) is 5.28. The molecule has 1 N–H and O–H groups in total. The van der Waals surface area contributed by atoms with E-state index in [-0.39, 0.29) is 5.91 Å². The van der Waals surface area contributed by atoms with Gasteiger partial charge in [0.05, 0.1) is 5.52 Å². The number of nitrogens with zero attached hydrogens (tertiary/aromatic N) is 3. The topological polar surface area (TPSA) is 49.6 Å². The lowest BCUT2D eigenvalue weighted by Crippen LogP contribution is -2.13. The zero-order valence-corrected chi connectivity index (χ0v) is 11.9. The van der Waals surface area contributed by atoms with Crippen molar-refractivity contribution in [3.8, 4) is 0 Å². The minimum absolute atomic E-state index is 0.121. The molecule has 0 radical (unpaired) electrons. The number of carbonyl (C=O) groups excluding carboxylic acids is 1. The van der Waals surface area contributed by atoms with Crippen LogP contribution in [0.2, 0.25) is 0 Å². The lowest BCUT2D eigenvalue weighted by molar-refractivity contribution is 0.102. The number of hydrogen-bond acceptors (Lipinski definition) is 3. The molecule has 0 saturated heterocycles. The van der Waals surface area contributed by atoms with Gasteiger partial charge >= 0.3 is 0 Å². The van der Waals surface area contributed by atoms with Gasteiger partial charge in [-0.15, -0.1) is 0 Å². The van der Waals surface area contributed by atoms with Crippen LogP contribution in [0.15, 0.2) is 54.9 Å². The van der Waals surface area contributed by atoms with E-state index in [0.29, 0.717) is 5.56 Å². The standard InChI is InChI=1S/C16H16N4O/c1-19(2)14-5-3-12(4-6-14)16(21)18-13-8-10-20-15(11-13)7-9-17-20/h3-11H,1-2H3,(H,18,21). The Morgan fingerprint density at radius 2 is 1.90 bits per heavy atom. The molecule has 0 bridgehead atoms. The molecule has 1 amide bonds. The molecular formula is C16H16N4O. The first kappa shape index (κ1) is 13.2. The molecule has 0 saturated carbocycles. The molecule has 0 unspecified atom stereocenters. The smallest absolute Gasteiger partial charge is 0.255 e. The van der Waals surface area contributed by atoms with Crippen LogP contribution in [0.25, 0.3) is 5.52 Å². The lowest BCUT2D eigenvalue weighted by atomic mass is 10.2. The number of rotatable bonds is 3. The summed E-state index contributed by atoms with van der Waals surface area (Å²) < 4.78 is 1.75. The van der Waals surface area contributed by atoms with Crippen LogP contribution in [-0.4, -0.2) is 29.6 Å². The van der Waals surface area contributed by atoms with Crippen LogP contribution in [0, 0.1) is 0 Å². The summed E-state index contributed by atoms with van der Waals surface area (Å²) in [6.07, 6.45) is 3.54. The average Bonchev–Trinajstić information content (AvgIpc) is 2.95. The zero-order valence-electron chi connectivity index (χ0n) is 11.9. The van der Waals surface area contributed by atoms with Crippen molar-refractivity contribution >= 4 is 22.8 Å². The first-order valence-corrected chi connectivity index (χ1v) is 6.65. The van der Waals surface area contributed by atoms with Crippen molar-refractivity contribution in [2.24, 2.45) is 0 Å². The Morgan fingerprint density at radius 1 is 1.14 bits per heavy atom. The highest BCUT2D eigenvalue weighted by Gasteiger charge is 2.07. The third kappa shape index (κ3) is 2.72. The highest BCUT2D eigenvalue weighted by atomic mass is 16.1. The Labute approximate surface area is 122 Å². The summed E-state index contributed by atoms with van der Waals surface area (Å²) in [4.78, 5) is 14.2. The number of benzene rings is 1. The number of amides is 1. The van der Waals surface area contributed by atoms with Crippen LogP contribution in [0.4, 0.5) is 11.4 Å². The molecule has 0 aliphatic heterocycles. The van der Waals surface area contributed by atoms with E-state index in [2.05, 4.69) is 10.4 Å². The quantitative estimate of drug-likeness (QED) is 0.802. The largest absolute Gasteiger partial charge is 0.378 e. The number of hydrogen-bond donors (Lipinski definition) is 1. The van der Waals surface area contributed by atoms with E-state index in [9.17, 15) is 4.79 Å². The van der Waals surface area contributed by atoms with Crippen molar-refractivity contribution in [3.05, 3.63) is 60.4 Å². The molecule has 0 atom stereocenters. The number of carbonyl (C=O) groups is 1. The van der Waals surface area contributed by atoms with Crippen molar-refractivity contribution in [2.75, 3.05) is 24.3 Å². The molecule has 3 rings (SSSR count). The maximum atomic E-state index is 12.2. The summed E-state index contributed by atoms with van der Waals surface area (Å²) in [5.74, 6) is -0.121. The molecule has 21 heavy (non-hydrogen) atoms. The average molecular weight is 280 g/mol. The van der Waals surface area contributed by atoms with Gasteiger partial charge in [-0.2, -0.15) is 5.10 Å². The highest BCUT2D eigenvalue weighted by Crippen LogP contribution is 2.15. The molecule has 2 heterocycles. The summed E-state index contributed by atoms with van der Waals surface area (Å²) in [7, 11) is 3.94. The number of fused-ring (bicyclic) bond motifs is 1. The van der Waals surface area contributed by atoms with Crippen molar-refractivity contribution in [1.29, 1.82) is 0 Å². The predicted molar refractivity (Wildman–Crippen MR) is 83.9 cm³/mol. The van der Waals surface area contributed by atoms with Crippen LogP contribution in [0.5, 0.6) is 0 Å². The lowest BCUT2D eigenvalue weighted by Gasteiger charge is -2.12. The normalized spacial score (nSPS) is 10.6. The summed E-state index contributed by atoms with van der Waals surface area (Å²) in [6, 6.07) is 13.1. The minimum Gasteiger partial charge on any atom is -0.378 e. The van der Waals surface area contributed by atoms with E-state index >= 15 is 0 Å². The van der Waals surface area contributed by atoms with Crippen molar-refractivity contribution in [1.82, 2.24) is 9.61 Å². The fourth-order valence-corrected chi connectivity index (χ4v) is 2.11. The maximum Gasteiger partial charge on any atom is 0.255 e. The van der Waals surface area contributed by atoms with Gasteiger partial charge in [0.2, 0.25) is 0 Å². The van der Waals surface area contributed by atoms with E-state index in [1.54, 1.807) is 10.7 Å². The van der Waals surface area contributed by atoms with Crippen molar-refractivity contribution < 1.29 is 4.79 Å². The summed E-state index contributed by atoms with van der Waals surface area (Å²) >= 11 is 0. The molecular weight excluding hydrogens is 264 g/mol. The number of aromatic nitrogens is 2. The molecule has 0 fully saturated rings. The second-order valence-electron chi connectivity index (χ2n) is 5.01. The van der Waals surface area contributed by atoms with Gasteiger partial charge in [-0.25, -0.2) is 4.52 Å². The van der Waals surface area contributed by atoms with Crippen LogP contribution in [0.1, 0.15) is 10.4 Å². The number of pyridine rings is 1. The molecule has 106 valence electrons. The first-order chi connectivity index (χ1) is 10.1. The van der Waals surface area contributed by atoms with E-state index < -0.39 is 0 Å².